The smallest absolute Gasteiger partial charge is 0.268 e. The Balaban J connectivity index is 1.72. The lowest BCUT2D eigenvalue weighted by molar-refractivity contribution is -0.120. The number of hydrogen-bond acceptors (Lipinski definition) is 4. The highest BCUT2D eigenvalue weighted by Crippen LogP contribution is 2.11. The van der Waals surface area contributed by atoms with Crippen LogP contribution in [0, 0.1) is 0 Å². The van der Waals surface area contributed by atoms with E-state index in [0.29, 0.717) is 0 Å². The van der Waals surface area contributed by atoms with E-state index in [2.05, 4.69) is 21.4 Å². The normalized spacial score (nSPS) is 19.2. The van der Waals surface area contributed by atoms with Crippen LogP contribution in [0.15, 0.2) is 71.5 Å². The summed E-state index contributed by atoms with van der Waals surface area (Å²) >= 11 is 0. The van der Waals surface area contributed by atoms with Gasteiger partial charge in [0.1, 0.15) is 0 Å². The molecule has 0 aliphatic carbocycles. The Morgan fingerprint density at radius 3 is 2.23 bits per heavy atom. The zero-order chi connectivity index (χ0) is 15.2. The van der Waals surface area contributed by atoms with E-state index < -0.39 is 6.04 Å². The molecule has 1 heterocycles. The van der Waals surface area contributed by atoms with Gasteiger partial charge in [-0.15, -0.1) is 0 Å². The predicted octanol–water partition coefficient (Wildman–Crippen LogP) is 1.65. The minimum absolute atomic E-state index is 0.160. The Bertz CT molecular complexity index is 695. The molecule has 0 saturated carbocycles. The molecule has 0 unspecified atom stereocenters. The van der Waals surface area contributed by atoms with Crippen LogP contribution >= 0.6 is 0 Å². The van der Waals surface area contributed by atoms with E-state index in [1.165, 1.54) is 0 Å². The molecular formula is C17H16N4O. The SMILES string of the molecule is O=C1NN/C(=C\c2ccccc2)[C@@H]1N/N=C\c1ccccc1. The van der Waals surface area contributed by atoms with E-state index >= 15 is 0 Å². The van der Waals surface area contributed by atoms with Crippen molar-refractivity contribution in [1.82, 2.24) is 16.3 Å². The zero-order valence-electron chi connectivity index (χ0n) is 11.9. The molecule has 5 nitrogen and oxygen atoms in total. The quantitative estimate of drug-likeness (QED) is 0.593. The minimum Gasteiger partial charge on any atom is -0.300 e. The van der Waals surface area contributed by atoms with Gasteiger partial charge in [0.15, 0.2) is 6.04 Å². The summed E-state index contributed by atoms with van der Waals surface area (Å²) in [5.41, 5.74) is 11.1. The molecule has 22 heavy (non-hydrogen) atoms. The molecule has 0 aromatic heterocycles. The van der Waals surface area contributed by atoms with Gasteiger partial charge < -0.3 is 0 Å². The van der Waals surface area contributed by atoms with Crippen LogP contribution in [0.1, 0.15) is 11.1 Å². The van der Waals surface area contributed by atoms with Crippen LogP contribution in [-0.2, 0) is 4.79 Å². The van der Waals surface area contributed by atoms with Gasteiger partial charge in [-0.05, 0) is 17.2 Å². The monoisotopic (exact) mass is 292 g/mol. The number of hydrazine groups is 1. The van der Waals surface area contributed by atoms with E-state index in [1.807, 2.05) is 66.7 Å². The van der Waals surface area contributed by atoms with Crippen molar-refractivity contribution in [2.45, 2.75) is 6.04 Å². The van der Waals surface area contributed by atoms with Gasteiger partial charge in [-0.3, -0.25) is 21.1 Å². The largest absolute Gasteiger partial charge is 0.300 e. The molecule has 2 aromatic rings. The number of nitrogens with zero attached hydrogens (tertiary/aromatic N) is 1. The summed E-state index contributed by atoms with van der Waals surface area (Å²) in [7, 11) is 0. The number of hydrazone groups is 1. The molecule has 1 aliphatic heterocycles. The number of nitrogens with one attached hydrogen (secondary N) is 3. The van der Waals surface area contributed by atoms with Crippen molar-refractivity contribution >= 4 is 18.2 Å². The zero-order valence-corrected chi connectivity index (χ0v) is 11.9. The van der Waals surface area contributed by atoms with Crippen LogP contribution in [0.25, 0.3) is 6.08 Å². The van der Waals surface area contributed by atoms with E-state index in [4.69, 9.17) is 0 Å². The van der Waals surface area contributed by atoms with Gasteiger partial charge in [-0.25, -0.2) is 0 Å². The fraction of sp³-hybridized carbons (Fsp3) is 0.0588. The molecule has 1 fully saturated rings. The summed E-state index contributed by atoms with van der Waals surface area (Å²) in [5.74, 6) is -0.160. The van der Waals surface area contributed by atoms with Crippen molar-refractivity contribution in [1.29, 1.82) is 0 Å². The second-order valence-corrected chi connectivity index (χ2v) is 4.86. The summed E-state index contributed by atoms with van der Waals surface area (Å²) in [6.07, 6.45) is 3.60. The second kappa shape index (κ2) is 6.58. The number of benzene rings is 2. The van der Waals surface area contributed by atoms with Crippen molar-refractivity contribution in [2.24, 2.45) is 5.10 Å². The van der Waals surface area contributed by atoms with Crippen molar-refractivity contribution < 1.29 is 4.79 Å². The van der Waals surface area contributed by atoms with Gasteiger partial charge in [0.25, 0.3) is 5.91 Å². The maximum atomic E-state index is 11.9. The van der Waals surface area contributed by atoms with E-state index in [0.717, 1.165) is 16.8 Å². The van der Waals surface area contributed by atoms with Crippen LogP contribution in [0.2, 0.25) is 0 Å². The topological polar surface area (TPSA) is 65.5 Å². The van der Waals surface area contributed by atoms with Crippen LogP contribution in [0.4, 0.5) is 0 Å². The maximum Gasteiger partial charge on any atom is 0.268 e. The molecule has 1 atom stereocenters. The van der Waals surface area contributed by atoms with Gasteiger partial charge >= 0.3 is 0 Å². The molecule has 3 N–H and O–H groups in total. The van der Waals surface area contributed by atoms with Crippen molar-refractivity contribution in [3.8, 4) is 0 Å². The molecular weight excluding hydrogens is 276 g/mol. The summed E-state index contributed by atoms with van der Waals surface area (Å²) < 4.78 is 0. The summed E-state index contributed by atoms with van der Waals surface area (Å²) in [5, 5.41) is 4.15. The first-order valence-electron chi connectivity index (χ1n) is 6.99. The lowest BCUT2D eigenvalue weighted by atomic mass is 10.1. The highest BCUT2D eigenvalue weighted by molar-refractivity contribution is 5.89. The van der Waals surface area contributed by atoms with E-state index in [-0.39, 0.29) is 5.91 Å². The highest BCUT2D eigenvalue weighted by Gasteiger charge is 2.28. The van der Waals surface area contributed by atoms with Crippen molar-refractivity contribution in [3.05, 3.63) is 77.5 Å². The molecule has 1 saturated heterocycles. The number of carbonyl (C=O) groups is 1. The Kier molecular flexibility index (Phi) is 4.15. The Morgan fingerprint density at radius 1 is 0.909 bits per heavy atom. The second-order valence-electron chi connectivity index (χ2n) is 4.86. The summed E-state index contributed by atoms with van der Waals surface area (Å²) in [6.45, 7) is 0. The standard InChI is InChI=1S/C17H16N4O/c22-17-16(20-18-12-14-9-5-2-6-10-14)15(19-21-17)11-13-7-3-1-4-8-13/h1-12,16,19-20H,(H,21,22)/b15-11-,18-12-/t16-/m0/s1. The first-order valence-corrected chi connectivity index (χ1v) is 6.99. The molecule has 0 radical (unpaired) electrons. The number of hydrogen-bond donors (Lipinski definition) is 3. The Labute approximate surface area is 128 Å². The predicted molar refractivity (Wildman–Crippen MR) is 86.7 cm³/mol. The van der Waals surface area contributed by atoms with Gasteiger partial charge in [0, 0.05) is 0 Å². The fourth-order valence-corrected chi connectivity index (χ4v) is 2.12. The lowest BCUT2D eigenvalue weighted by Gasteiger charge is -2.07. The van der Waals surface area contributed by atoms with Gasteiger partial charge in [-0.2, -0.15) is 5.10 Å². The molecule has 110 valence electrons. The Hall–Kier alpha value is -3.08. The maximum absolute atomic E-state index is 11.9. The van der Waals surface area contributed by atoms with E-state index in [9.17, 15) is 4.79 Å². The van der Waals surface area contributed by atoms with Crippen LogP contribution in [0.5, 0.6) is 0 Å². The summed E-state index contributed by atoms with van der Waals surface area (Å²) in [4.78, 5) is 11.9. The third-order valence-electron chi connectivity index (χ3n) is 3.24. The summed E-state index contributed by atoms with van der Waals surface area (Å²) in [6, 6.07) is 19.0. The van der Waals surface area contributed by atoms with Crippen LogP contribution < -0.4 is 16.3 Å². The number of rotatable bonds is 4. The Morgan fingerprint density at radius 2 is 1.55 bits per heavy atom. The molecule has 5 heteroatoms. The first kappa shape index (κ1) is 13.9. The van der Waals surface area contributed by atoms with E-state index in [1.54, 1.807) is 6.21 Å². The van der Waals surface area contributed by atoms with Crippen LogP contribution in [-0.4, -0.2) is 18.2 Å². The molecule has 2 aromatic carbocycles. The lowest BCUT2D eigenvalue weighted by Crippen LogP contribution is -2.34. The fourth-order valence-electron chi connectivity index (χ4n) is 2.12. The van der Waals surface area contributed by atoms with Gasteiger partial charge in [0.2, 0.25) is 0 Å². The van der Waals surface area contributed by atoms with Crippen molar-refractivity contribution in [3.63, 3.8) is 0 Å². The molecule has 1 amide bonds. The average molecular weight is 292 g/mol. The molecule has 1 aliphatic rings. The minimum atomic E-state index is -0.528. The average Bonchev–Trinajstić information content (AvgIpc) is 2.90. The van der Waals surface area contributed by atoms with Crippen LogP contribution in [0.3, 0.4) is 0 Å². The number of carbonyl (C=O) groups excluding carboxylic acids is 1. The van der Waals surface area contributed by atoms with Gasteiger partial charge in [0.05, 0.1) is 11.9 Å². The number of amides is 1. The first-order chi connectivity index (χ1) is 10.8. The highest BCUT2D eigenvalue weighted by atomic mass is 16.2. The molecule has 0 bridgehead atoms. The molecule has 0 spiro atoms. The third-order valence-corrected chi connectivity index (χ3v) is 3.24. The van der Waals surface area contributed by atoms with Crippen molar-refractivity contribution in [2.75, 3.05) is 0 Å². The molecule has 3 rings (SSSR count). The van der Waals surface area contributed by atoms with Gasteiger partial charge in [-0.1, -0.05) is 60.7 Å². The third kappa shape index (κ3) is 3.32.